The predicted octanol–water partition coefficient (Wildman–Crippen LogP) is 5.76. The Balaban J connectivity index is 1.59. The van der Waals surface area contributed by atoms with E-state index in [9.17, 15) is 4.39 Å². The smallest absolute Gasteiger partial charge is 0.161 e. The minimum Gasteiger partial charge on any atom is -0.493 e. The van der Waals surface area contributed by atoms with Crippen molar-refractivity contribution in [3.63, 3.8) is 0 Å². The predicted molar refractivity (Wildman–Crippen MR) is 132 cm³/mol. The molecule has 3 heterocycles. The molecule has 0 bridgehead atoms. The highest BCUT2D eigenvalue weighted by atomic mass is 19.1. The molecule has 7 nitrogen and oxygen atoms in total. The first-order valence-corrected chi connectivity index (χ1v) is 11.0. The van der Waals surface area contributed by atoms with Crippen LogP contribution in [0, 0.1) is 5.82 Å². The minimum absolute atomic E-state index is 0.328. The second-order valence-electron chi connectivity index (χ2n) is 8.01. The van der Waals surface area contributed by atoms with Gasteiger partial charge in [-0.2, -0.15) is 5.10 Å². The molecule has 6 aromatic rings. The van der Waals surface area contributed by atoms with Gasteiger partial charge in [-0.05, 0) is 42.5 Å². The molecule has 0 radical (unpaired) electrons. The van der Waals surface area contributed by atoms with Crippen LogP contribution in [-0.2, 0) is 0 Å². The van der Waals surface area contributed by atoms with Crippen LogP contribution in [0.5, 0.6) is 11.5 Å². The number of methoxy groups -OCH3 is 2. The molecule has 0 amide bonds. The van der Waals surface area contributed by atoms with Gasteiger partial charge in [-0.25, -0.2) is 18.9 Å². The van der Waals surface area contributed by atoms with Gasteiger partial charge in [0.1, 0.15) is 11.5 Å². The van der Waals surface area contributed by atoms with Crippen molar-refractivity contribution in [1.29, 1.82) is 0 Å². The average molecular weight is 465 g/mol. The Morgan fingerprint density at radius 1 is 0.771 bits per heavy atom. The monoisotopic (exact) mass is 465 g/mol. The molecule has 0 fully saturated rings. The summed E-state index contributed by atoms with van der Waals surface area (Å²) in [6.45, 7) is 0. The fourth-order valence-corrected chi connectivity index (χ4v) is 4.15. The van der Waals surface area contributed by atoms with Gasteiger partial charge in [-0.15, -0.1) is 0 Å². The Bertz CT molecular complexity index is 1690. The summed E-state index contributed by atoms with van der Waals surface area (Å²) >= 11 is 0. The van der Waals surface area contributed by atoms with Crippen molar-refractivity contribution in [3.05, 3.63) is 84.7 Å². The number of H-pyrrole nitrogens is 1. The number of rotatable bonds is 5. The lowest BCUT2D eigenvalue weighted by Gasteiger charge is -2.11. The van der Waals surface area contributed by atoms with E-state index >= 15 is 0 Å². The van der Waals surface area contributed by atoms with Gasteiger partial charge >= 0.3 is 0 Å². The third-order valence-corrected chi connectivity index (χ3v) is 5.86. The summed E-state index contributed by atoms with van der Waals surface area (Å²) in [5.41, 5.74) is 5.96. The zero-order valence-electron chi connectivity index (χ0n) is 19.0. The third-order valence-electron chi connectivity index (χ3n) is 5.86. The number of benzene rings is 3. The van der Waals surface area contributed by atoms with Gasteiger partial charge in [0.25, 0.3) is 0 Å². The molecular weight excluding hydrogens is 445 g/mol. The quantitative estimate of drug-likeness (QED) is 0.350. The van der Waals surface area contributed by atoms with Crippen molar-refractivity contribution in [1.82, 2.24) is 24.6 Å². The number of ether oxygens (including phenoxy) is 2. The lowest BCUT2D eigenvalue weighted by atomic mass is 10.1. The number of aromatic amines is 1. The van der Waals surface area contributed by atoms with Gasteiger partial charge in [0, 0.05) is 17.2 Å². The molecule has 0 aliphatic heterocycles. The van der Waals surface area contributed by atoms with Gasteiger partial charge in [0.05, 0.1) is 36.6 Å². The van der Waals surface area contributed by atoms with Crippen molar-refractivity contribution in [2.75, 3.05) is 14.2 Å². The van der Waals surface area contributed by atoms with E-state index in [4.69, 9.17) is 19.6 Å². The van der Waals surface area contributed by atoms with Gasteiger partial charge in [-0.1, -0.05) is 30.3 Å². The van der Waals surface area contributed by atoms with Crippen molar-refractivity contribution in [2.45, 2.75) is 0 Å². The van der Waals surface area contributed by atoms with E-state index < -0.39 is 0 Å². The molecule has 3 aromatic carbocycles. The summed E-state index contributed by atoms with van der Waals surface area (Å²) in [4.78, 5) is 12.6. The standard InChI is InChI=1S/C27H20FN5O2/c1-34-24-11-8-17(12-25(24)35-2)23-14-22(27-30-19-10-9-18(28)13-21(19)31-27)29-26-15-20(32-33(23)26)16-6-4-3-5-7-16/h3-15H,1-2H3,(H,30,31). The Labute approximate surface area is 199 Å². The van der Waals surface area contributed by atoms with Gasteiger partial charge in [-0.3, -0.25) is 0 Å². The molecular formula is C27H20FN5O2. The van der Waals surface area contributed by atoms with Crippen molar-refractivity contribution >= 4 is 16.7 Å². The zero-order valence-corrected chi connectivity index (χ0v) is 19.0. The first-order valence-electron chi connectivity index (χ1n) is 11.0. The minimum atomic E-state index is -0.328. The van der Waals surface area contributed by atoms with E-state index in [1.54, 1.807) is 24.8 Å². The number of nitrogens with one attached hydrogen (secondary N) is 1. The van der Waals surface area contributed by atoms with E-state index in [-0.39, 0.29) is 5.82 Å². The van der Waals surface area contributed by atoms with Crippen LogP contribution in [0.3, 0.4) is 0 Å². The third kappa shape index (κ3) is 3.65. The molecule has 0 saturated heterocycles. The Kier molecular flexibility index (Phi) is 4.92. The van der Waals surface area contributed by atoms with E-state index in [0.29, 0.717) is 39.7 Å². The summed E-state index contributed by atoms with van der Waals surface area (Å²) in [7, 11) is 3.20. The molecule has 0 atom stereocenters. The van der Waals surface area contributed by atoms with E-state index in [1.165, 1.54) is 12.1 Å². The number of hydrogen-bond donors (Lipinski definition) is 1. The SMILES string of the molecule is COc1ccc(-c2cc(-c3nc4ccc(F)cc4[nH]3)nc3cc(-c4ccccc4)nn23)cc1OC. The van der Waals surface area contributed by atoms with Crippen LogP contribution in [0.2, 0.25) is 0 Å². The molecule has 1 N–H and O–H groups in total. The first kappa shape index (κ1) is 20.9. The molecule has 172 valence electrons. The first-order chi connectivity index (χ1) is 17.1. The van der Waals surface area contributed by atoms with E-state index in [2.05, 4.69) is 9.97 Å². The molecule has 3 aromatic heterocycles. The number of fused-ring (bicyclic) bond motifs is 2. The normalized spacial score (nSPS) is 11.3. The molecule has 6 rings (SSSR count). The second kappa shape index (κ2) is 8.25. The summed E-state index contributed by atoms with van der Waals surface area (Å²) in [6, 6.07) is 23.9. The van der Waals surface area contributed by atoms with Crippen LogP contribution in [0.25, 0.3) is 50.7 Å². The lowest BCUT2D eigenvalue weighted by molar-refractivity contribution is 0.355. The van der Waals surface area contributed by atoms with Crippen LogP contribution in [0.1, 0.15) is 0 Å². The fraction of sp³-hybridized carbons (Fsp3) is 0.0741. The average Bonchev–Trinajstić information content (AvgIpc) is 3.52. The summed E-state index contributed by atoms with van der Waals surface area (Å²) < 4.78 is 26.5. The topological polar surface area (TPSA) is 77.3 Å². The number of halogens is 1. The van der Waals surface area contributed by atoms with Crippen molar-refractivity contribution < 1.29 is 13.9 Å². The summed E-state index contributed by atoms with van der Waals surface area (Å²) in [5.74, 6) is 1.44. The summed E-state index contributed by atoms with van der Waals surface area (Å²) in [6.07, 6.45) is 0. The van der Waals surface area contributed by atoms with Crippen LogP contribution in [0.15, 0.2) is 78.9 Å². The Morgan fingerprint density at radius 2 is 1.60 bits per heavy atom. The van der Waals surface area contributed by atoms with Crippen molar-refractivity contribution in [2.24, 2.45) is 0 Å². The number of nitrogens with zero attached hydrogens (tertiary/aromatic N) is 4. The Morgan fingerprint density at radius 3 is 2.40 bits per heavy atom. The molecule has 0 aliphatic rings. The van der Waals surface area contributed by atoms with Crippen molar-refractivity contribution in [3.8, 4) is 45.5 Å². The highest BCUT2D eigenvalue weighted by molar-refractivity contribution is 5.80. The molecule has 35 heavy (non-hydrogen) atoms. The van der Waals surface area contributed by atoms with Gasteiger partial charge < -0.3 is 14.5 Å². The van der Waals surface area contributed by atoms with E-state index in [0.717, 1.165) is 22.5 Å². The molecule has 0 saturated carbocycles. The van der Waals surface area contributed by atoms with Crippen LogP contribution >= 0.6 is 0 Å². The fourth-order valence-electron chi connectivity index (χ4n) is 4.15. The molecule has 0 unspecified atom stereocenters. The molecule has 0 spiro atoms. The maximum absolute atomic E-state index is 13.7. The molecule has 0 aliphatic carbocycles. The number of imidazole rings is 1. The highest BCUT2D eigenvalue weighted by Crippen LogP contribution is 2.34. The summed E-state index contributed by atoms with van der Waals surface area (Å²) in [5, 5.41) is 4.85. The molecule has 8 heteroatoms. The van der Waals surface area contributed by atoms with Gasteiger partial charge in [0.2, 0.25) is 0 Å². The van der Waals surface area contributed by atoms with Crippen LogP contribution in [-0.4, -0.2) is 38.8 Å². The van der Waals surface area contributed by atoms with Crippen LogP contribution in [0.4, 0.5) is 4.39 Å². The maximum atomic E-state index is 13.7. The van der Waals surface area contributed by atoms with Crippen LogP contribution < -0.4 is 9.47 Å². The van der Waals surface area contributed by atoms with E-state index in [1.807, 2.05) is 60.7 Å². The highest BCUT2D eigenvalue weighted by Gasteiger charge is 2.17. The maximum Gasteiger partial charge on any atom is 0.161 e. The lowest BCUT2D eigenvalue weighted by Crippen LogP contribution is -2.00. The Hall–Kier alpha value is -4.72. The van der Waals surface area contributed by atoms with Gasteiger partial charge in [0.15, 0.2) is 23.0 Å². The largest absolute Gasteiger partial charge is 0.493 e. The zero-order chi connectivity index (χ0) is 23.9. The number of aromatic nitrogens is 5. The second-order valence-corrected chi connectivity index (χ2v) is 8.01. The number of hydrogen-bond acceptors (Lipinski definition) is 5.